The Balaban J connectivity index is 2.35. The molecule has 0 saturated heterocycles. The predicted molar refractivity (Wildman–Crippen MR) is 111 cm³/mol. The second-order valence-electron chi connectivity index (χ2n) is 7.36. The van der Waals surface area contributed by atoms with Crippen molar-refractivity contribution in [3.8, 4) is 6.07 Å². The molecule has 0 radical (unpaired) electrons. The normalized spacial score (nSPS) is 23.9. The van der Waals surface area contributed by atoms with Crippen LogP contribution in [0.15, 0.2) is 83.1 Å². The third-order valence-corrected chi connectivity index (χ3v) is 12.1. The lowest BCUT2D eigenvalue weighted by Crippen LogP contribution is -2.49. The Labute approximate surface area is 172 Å². The summed E-state index contributed by atoms with van der Waals surface area (Å²) in [6.45, 7) is 5.42. The van der Waals surface area contributed by atoms with Crippen LogP contribution in [-0.2, 0) is 19.7 Å². The third-order valence-electron chi connectivity index (χ3n) is 6.05. The van der Waals surface area contributed by atoms with Crippen LogP contribution in [0.2, 0.25) is 0 Å². The average molecular weight is 430 g/mol. The van der Waals surface area contributed by atoms with E-state index in [1.54, 1.807) is 49.4 Å². The summed E-state index contributed by atoms with van der Waals surface area (Å²) in [5.41, 5.74) is 0. The highest BCUT2D eigenvalue weighted by Crippen LogP contribution is 2.56. The Morgan fingerprint density at radius 1 is 1.00 bits per heavy atom. The van der Waals surface area contributed by atoms with Gasteiger partial charge < -0.3 is 0 Å². The molecule has 1 fully saturated rings. The van der Waals surface area contributed by atoms with Crippen LogP contribution >= 0.6 is 0 Å². The number of allylic oxidation sites excluding steroid dienone is 1. The van der Waals surface area contributed by atoms with Gasteiger partial charge in [0, 0.05) is 6.42 Å². The van der Waals surface area contributed by atoms with Crippen LogP contribution < -0.4 is 0 Å². The maximum absolute atomic E-state index is 13.9. The Morgan fingerprint density at radius 2 is 1.45 bits per heavy atom. The van der Waals surface area contributed by atoms with Gasteiger partial charge >= 0.3 is 0 Å². The molecular formula is C22H23NO4S2. The van der Waals surface area contributed by atoms with Crippen LogP contribution in [0.5, 0.6) is 0 Å². The summed E-state index contributed by atoms with van der Waals surface area (Å²) in [7, 11) is -8.59. The molecule has 1 saturated carbocycles. The molecule has 0 aromatic heterocycles. The summed E-state index contributed by atoms with van der Waals surface area (Å²) in [6, 6.07) is 17.4. The summed E-state index contributed by atoms with van der Waals surface area (Å²) >= 11 is 0. The Hall–Kier alpha value is -2.43. The monoisotopic (exact) mass is 429 g/mol. The molecule has 5 nitrogen and oxygen atoms in total. The van der Waals surface area contributed by atoms with E-state index < -0.39 is 41.5 Å². The molecule has 1 aliphatic rings. The summed E-state index contributed by atoms with van der Waals surface area (Å²) in [4.78, 5) is -0.0708. The second-order valence-corrected chi connectivity index (χ2v) is 12.0. The van der Waals surface area contributed by atoms with E-state index in [4.69, 9.17) is 0 Å². The van der Waals surface area contributed by atoms with Gasteiger partial charge in [0.15, 0.2) is 23.8 Å². The lowest BCUT2D eigenvalue weighted by Gasteiger charge is -2.34. The Kier molecular flexibility index (Phi) is 5.70. The van der Waals surface area contributed by atoms with Gasteiger partial charge in [-0.2, -0.15) is 5.26 Å². The lowest BCUT2D eigenvalue weighted by molar-refractivity contribution is 0.366. The van der Waals surface area contributed by atoms with Gasteiger partial charge in [0.1, 0.15) is 0 Å². The van der Waals surface area contributed by atoms with Crippen molar-refractivity contribution in [2.75, 3.05) is 0 Å². The van der Waals surface area contributed by atoms with Gasteiger partial charge in [-0.15, -0.1) is 6.58 Å². The van der Waals surface area contributed by atoms with E-state index >= 15 is 0 Å². The van der Waals surface area contributed by atoms with Crippen molar-refractivity contribution >= 4 is 19.7 Å². The van der Waals surface area contributed by atoms with E-state index in [9.17, 15) is 22.1 Å². The minimum atomic E-state index is -4.29. The fourth-order valence-electron chi connectivity index (χ4n) is 4.51. The van der Waals surface area contributed by atoms with Gasteiger partial charge in [-0.25, -0.2) is 16.8 Å². The minimum Gasteiger partial charge on any atom is -0.222 e. The maximum Gasteiger partial charge on any atom is 0.199 e. The number of nitrogens with zero attached hydrogens (tertiary/aromatic N) is 1. The van der Waals surface area contributed by atoms with Crippen molar-refractivity contribution in [3.63, 3.8) is 0 Å². The summed E-state index contributed by atoms with van der Waals surface area (Å²) in [6.07, 6.45) is 1.52. The number of nitriles is 1. The molecule has 0 bridgehead atoms. The van der Waals surface area contributed by atoms with Crippen LogP contribution in [-0.4, -0.2) is 20.9 Å². The molecular weight excluding hydrogens is 406 g/mol. The first kappa shape index (κ1) is 21.3. The number of hydrogen-bond acceptors (Lipinski definition) is 5. The van der Waals surface area contributed by atoms with Crippen molar-refractivity contribution in [1.82, 2.24) is 0 Å². The first-order chi connectivity index (χ1) is 13.7. The largest absolute Gasteiger partial charge is 0.222 e. The topological polar surface area (TPSA) is 92.1 Å². The average Bonchev–Trinajstić information content (AvgIpc) is 3.03. The Bertz CT molecular complexity index is 1060. The fourth-order valence-corrected chi connectivity index (χ4v) is 10.2. The van der Waals surface area contributed by atoms with E-state index in [1.807, 2.05) is 0 Å². The van der Waals surface area contributed by atoms with E-state index in [1.165, 1.54) is 24.3 Å². The maximum atomic E-state index is 13.9. The van der Waals surface area contributed by atoms with Crippen molar-refractivity contribution < 1.29 is 16.8 Å². The zero-order valence-corrected chi connectivity index (χ0v) is 17.7. The third kappa shape index (κ3) is 3.11. The molecule has 2 aromatic carbocycles. The molecule has 0 amide bonds. The summed E-state index contributed by atoms with van der Waals surface area (Å²) in [5, 5.41) is 9.28. The van der Waals surface area contributed by atoms with Crippen molar-refractivity contribution in [2.45, 2.75) is 33.6 Å². The molecule has 2 aromatic rings. The minimum absolute atomic E-state index is 0.0354. The molecule has 29 heavy (non-hydrogen) atoms. The molecule has 0 heterocycles. The van der Waals surface area contributed by atoms with Gasteiger partial charge in [0.25, 0.3) is 0 Å². The number of rotatable bonds is 6. The lowest BCUT2D eigenvalue weighted by atomic mass is 9.88. The van der Waals surface area contributed by atoms with Gasteiger partial charge in [-0.05, 0) is 48.4 Å². The van der Waals surface area contributed by atoms with Crippen molar-refractivity contribution in [1.29, 1.82) is 5.26 Å². The second kappa shape index (κ2) is 7.77. The van der Waals surface area contributed by atoms with Gasteiger partial charge in [-0.1, -0.05) is 49.4 Å². The molecule has 1 aliphatic carbocycles. The highest BCUT2D eigenvalue weighted by molar-refractivity contribution is 8.10. The van der Waals surface area contributed by atoms with E-state index in [0.717, 1.165) is 0 Å². The van der Waals surface area contributed by atoms with Gasteiger partial charge in [-0.3, -0.25) is 0 Å². The standard InChI is InChI=1S/C22H23NO4S2/c1-3-18-16-22(17(2)21(18)14-15-23,28(24,25)19-10-6-4-7-11-19)29(26,27)20-12-8-5-9-13-20/h3-13,17-18,21H,1,14,16H2,2H3/t17-,18-,21-/m0/s1. The predicted octanol–water partition coefficient (Wildman–Crippen LogP) is 4.00. The van der Waals surface area contributed by atoms with Crippen molar-refractivity contribution in [3.05, 3.63) is 73.3 Å². The molecule has 3 atom stereocenters. The number of sulfone groups is 2. The fraction of sp³-hybridized carbons (Fsp3) is 0.318. The SMILES string of the molecule is C=C[C@H]1CC(S(=O)(=O)c2ccccc2)(S(=O)(=O)c2ccccc2)[C@@H](C)[C@@H]1CC#N. The highest BCUT2D eigenvalue weighted by Gasteiger charge is 2.66. The number of benzene rings is 2. The summed E-state index contributed by atoms with van der Waals surface area (Å²) < 4.78 is 53.5. The number of hydrogen-bond donors (Lipinski definition) is 0. The molecule has 0 unspecified atom stereocenters. The molecule has 0 aliphatic heterocycles. The van der Waals surface area contributed by atoms with Gasteiger partial charge in [0.05, 0.1) is 15.9 Å². The van der Waals surface area contributed by atoms with Crippen molar-refractivity contribution in [2.24, 2.45) is 17.8 Å². The molecule has 7 heteroatoms. The first-order valence-electron chi connectivity index (χ1n) is 9.33. The first-order valence-corrected chi connectivity index (χ1v) is 12.3. The Morgan fingerprint density at radius 3 is 1.83 bits per heavy atom. The molecule has 152 valence electrons. The quantitative estimate of drug-likeness (QED) is 0.647. The van der Waals surface area contributed by atoms with Crippen LogP contribution in [0.1, 0.15) is 19.8 Å². The molecule has 3 rings (SSSR count). The van der Waals surface area contributed by atoms with Gasteiger partial charge in [0.2, 0.25) is 0 Å². The van der Waals surface area contributed by atoms with Crippen LogP contribution in [0, 0.1) is 29.1 Å². The van der Waals surface area contributed by atoms with Crippen LogP contribution in [0.3, 0.4) is 0 Å². The zero-order valence-electron chi connectivity index (χ0n) is 16.1. The highest BCUT2D eigenvalue weighted by atomic mass is 32.3. The van der Waals surface area contributed by atoms with E-state index in [0.29, 0.717) is 0 Å². The van der Waals surface area contributed by atoms with Crippen LogP contribution in [0.25, 0.3) is 0 Å². The summed E-state index contributed by atoms with van der Waals surface area (Å²) in [5.74, 6) is -1.61. The van der Waals surface area contributed by atoms with E-state index in [2.05, 4.69) is 12.6 Å². The molecule has 0 N–H and O–H groups in total. The van der Waals surface area contributed by atoms with E-state index in [-0.39, 0.29) is 22.6 Å². The van der Waals surface area contributed by atoms with Crippen LogP contribution in [0.4, 0.5) is 0 Å². The zero-order chi connectivity index (χ0) is 21.3. The molecule has 0 spiro atoms. The smallest absolute Gasteiger partial charge is 0.199 e.